The van der Waals surface area contributed by atoms with Gasteiger partial charge in [0.05, 0.1) is 13.0 Å². The van der Waals surface area contributed by atoms with Gasteiger partial charge in [-0.15, -0.1) is 0 Å². The Bertz CT molecular complexity index is 868. The third kappa shape index (κ3) is 6.44. The van der Waals surface area contributed by atoms with Gasteiger partial charge in [0, 0.05) is 18.7 Å². The van der Waals surface area contributed by atoms with Gasteiger partial charge >= 0.3 is 5.97 Å². The van der Waals surface area contributed by atoms with Gasteiger partial charge in [-0.2, -0.15) is 0 Å². The molecule has 1 aromatic heterocycles. The maximum Gasteiger partial charge on any atom is 0.309 e. The van der Waals surface area contributed by atoms with E-state index in [1.807, 2.05) is 51.1 Å². The third-order valence-corrected chi connectivity index (χ3v) is 4.97. The number of carbonyl (C=O) groups excluding carboxylic acids is 2. The van der Waals surface area contributed by atoms with Crippen molar-refractivity contribution >= 4 is 11.8 Å². The minimum atomic E-state index is -0.710. The van der Waals surface area contributed by atoms with Crippen LogP contribution in [0.25, 0.3) is 0 Å². The van der Waals surface area contributed by atoms with Gasteiger partial charge in [0.1, 0.15) is 18.0 Å². The Morgan fingerprint density at radius 3 is 2.35 bits per heavy atom. The van der Waals surface area contributed by atoms with Crippen LogP contribution in [0.3, 0.4) is 0 Å². The van der Waals surface area contributed by atoms with E-state index in [9.17, 15) is 14.7 Å². The van der Waals surface area contributed by atoms with Crippen LogP contribution in [0, 0.1) is 11.8 Å². The van der Waals surface area contributed by atoms with E-state index in [2.05, 4.69) is 4.98 Å². The summed E-state index contributed by atoms with van der Waals surface area (Å²) < 4.78 is 16.9. The Morgan fingerprint density at radius 2 is 1.77 bits per heavy atom. The van der Waals surface area contributed by atoms with Crippen molar-refractivity contribution in [2.75, 3.05) is 7.11 Å². The van der Waals surface area contributed by atoms with Crippen molar-refractivity contribution in [2.24, 2.45) is 11.8 Å². The van der Waals surface area contributed by atoms with Crippen molar-refractivity contribution in [3.63, 3.8) is 0 Å². The van der Waals surface area contributed by atoms with Crippen LogP contribution in [0.5, 0.6) is 17.2 Å². The molecular formula is C24H31NO6. The highest BCUT2D eigenvalue weighted by Gasteiger charge is 2.31. The summed E-state index contributed by atoms with van der Waals surface area (Å²) in [5, 5.41) is 10.1. The van der Waals surface area contributed by atoms with E-state index in [4.69, 9.17) is 14.2 Å². The number of carbonyl (C=O) groups is 2. The number of methoxy groups -OCH3 is 1. The highest BCUT2D eigenvalue weighted by Crippen LogP contribution is 2.29. The molecule has 2 rings (SSSR count). The van der Waals surface area contributed by atoms with Gasteiger partial charge in [-0.3, -0.25) is 9.59 Å². The zero-order valence-corrected chi connectivity index (χ0v) is 18.7. The van der Waals surface area contributed by atoms with Gasteiger partial charge in [0.2, 0.25) is 0 Å². The van der Waals surface area contributed by atoms with Gasteiger partial charge in [-0.1, -0.05) is 45.9 Å². The van der Waals surface area contributed by atoms with Crippen LogP contribution in [-0.4, -0.2) is 41.2 Å². The Balaban J connectivity index is 2.06. The number of hydrogen-bond acceptors (Lipinski definition) is 7. The maximum absolute atomic E-state index is 12.7. The average molecular weight is 430 g/mol. The Kier molecular flexibility index (Phi) is 8.85. The minimum absolute atomic E-state index is 0.104. The molecule has 0 amide bonds. The summed E-state index contributed by atoms with van der Waals surface area (Å²) >= 11 is 0. The second-order valence-electron chi connectivity index (χ2n) is 7.76. The molecular weight excluding hydrogens is 398 g/mol. The van der Waals surface area contributed by atoms with Crippen LogP contribution in [0.1, 0.15) is 51.0 Å². The standard InChI is InChI=1S/C24H31NO6/c1-6-19(23(15(2)3)30-17-10-8-7-9-11-17)31-24(28)16(4)14-18(26)21-22(27)20(29-5)12-13-25-21/h7-13,15-16,19,23,27H,6,14H2,1-5H3/t16-,19+,23-/m1/s1. The molecule has 7 heteroatoms. The molecule has 1 heterocycles. The largest absolute Gasteiger partial charge is 0.503 e. The van der Waals surface area contributed by atoms with Crippen LogP contribution in [-0.2, 0) is 9.53 Å². The van der Waals surface area contributed by atoms with Gasteiger partial charge < -0.3 is 19.3 Å². The lowest BCUT2D eigenvalue weighted by atomic mass is 9.98. The number of pyridine rings is 1. The molecule has 0 saturated carbocycles. The first kappa shape index (κ1) is 24.2. The minimum Gasteiger partial charge on any atom is -0.503 e. The highest BCUT2D eigenvalue weighted by atomic mass is 16.6. The monoisotopic (exact) mass is 429 g/mol. The summed E-state index contributed by atoms with van der Waals surface area (Å²) in [6.45, 7) is 7.56. The quantitative estimate of drug-likeness (QED) is 0.417. The Morgan fingerprint density at radius 1 is 1.10 bits per heavy atom. The molecule has 3 atom stereocenters. The summed E-state index contributed by atoms with van der Waals surface area (Å²) in [4.78, 5) is 29.2. The van der Waals surface area contributed by atoms with Crippen LogP contribution >= 0.6 is 0 Å². The first-order chi connectivity index (χ1) is 14.8. The van der Waals surface area contributed by atoms with Gasteiger partial charge in [0.15, 0.2) is 23.0 Å². The van der Waals surface area contributed by atoms with E-state index in [0.29, 0.717) is 12.2 Å². The molecule has 1 aromatic carbocycles. The number of ketones is 1. The molecule has 0 aliphatic carbocycles. The van der Waals surface area contributed by atoms with Crippen LogP contribution in [0.15, 0.2) is 42.6 Å². The maximum atomic E-state index is 12.7. The molecule has 0 aliphatic heterocycles. The van der Waals surface area contributed by atoms with Crippen LogP contribution in [0.2, 0.25) is 0 Å². The Hall–Kier alpha value is -3.09. The van der Waals surface area contributed by atoms with Gasteiger partial charge in [-0.25, -0.2) is 4.98 Å². The molecule has 0 saturated heterocycles. The molecule has 168 valence electrons. The lowest BCUT2D eigenvalue weighted by Crippen LogP contribution is -2.40. The predicted molar refractivity (Wildman–Crippen MR) is 116 cm³/mol. The molecule has 0 radical (unpaired) electrons. The van der Waals surface area contributed by atoms with Gasteiger partial charge in [-0.05, 0) is 24.5 Å². The summed E-state index contributed by atoms with van der Waals surface area (Å²) in [6.07, 6.45) is 1.00. The number of aromatic nitrogens is 1. The molecule has 0 bridgehead atoms. The number of benzene rings is 1. The van der Waals surface area contributed by atoms with E-state index >= 15 is 0 Å². The fourth-order valence-electron chi connectivity index (χ4n) is 3.21. The van der Waals surface area contributed by atoms with Crippen molar-refractivity contribution in [1.82, 2.24) is 4.98 Å². The zero-order chi connectivity index (χ0) is 23.0. The summed E-state index contributed by atoms with van der Waals surface area (Å²) in [6, 6.07) is 10.8. The molecule has 0 unspecified atom stereocenters. The number of ether oxygens (including phenoxy) is 3. The zero-order valence-electron chi connectivity index (χ0n) is 18.7. The van der Waals surface area contributed by atoms with Crippen LogP contribution < -0.4 is 9.47 Å². The number of para-hydroxylation sites is 1. The summed E-state index contributed by atoms with van der Waals surface area (Å²) in [5.41, 5.74) is -0.126. The molecule has 0 aliphatic rings. The number of hydrogen-bond donors (Lipinski definition) is 1. The van der Waals surface area contributed by atoms with Gasteiger partial charge in [0.25, 0.3) is 0 Å². The molecule has 2 aromatic rings. The van der Waals surface area contributed by atoms with Crippen molar-refractivity contribution in [2.45, 2.75) is 52.7 Å². The number of nitrogens with zero attached hydrogens (tertiary/aromatic N) is 1. The number of Topliss-reactive ketones (excluding diaryl/α,β-unsaturated/α-hetero) is 1. The second kappa shape index (κ2) is 11.3. The fraction of sp³-hybridized carbons (Fsp3) is 0.458. The lowest BCUT2D eigenvalue weighted by molar-refractivity contribution is -0.160. The van der Waals surface area contributed by atoms with Crippen molar-refractivity contribution < 1.29 is 28.9 Å². The van der Waals surface area contributed by atoms with Crippen molar-refractivity contribution in [1.29, 1.82) is 0 Å². The first-order valence-electron chi connectivity index (χ1n) is 10.5. The SMILES string of the molecule is CC[C@H](OC(=O)[C@H](C)CC(=O)c1nccc(OC)c1O)[C@H](Oc1ccccc1)C(C)C. The summed E-state index contributed by atoms with van der Waals surface area (Å²) in [7, 11) is 1.39. The molecule has 0 fully saturated rings. The number of rotatable bonds is 11. The molecule has 31 heavy (non-hydrogen) atoms. The van der Waals surface area contributed by atoms with E-state index in [1.165, 1.54) is 19.4 Å². The summed E-state index contributed by atoms with van der Waals surface area (Å²) in [5.74, 6) is -1.04. The average Bonchev–Trinajstić information content (AvgIpc) is 2.76. The third-order valence-electron chi connectivity index (χ3n) is 4.97. The number of esters is 1. The smallest absolute Gasteiger partial charge is 0.309 e. The number of aromatic hydroxyl groups is 1. The fourth-order valence-corrected chi connectivity index (χ4v) is 3.21. The van der Waals surface area contributed by atoms with E-state index in [-0.39, 0.29) is 35.6 Å². The second-order valence-corrected chi connectivity index (χ2v) is 7.76. The van der Waals surface area contributed by atoms with E-state index in [0.717, 1.165) is 0 Å². The van der Waals surface area contributed by atoms with Crippen molar-refractivity contribution in [3.05, 3.63) is 48.3 Å². The van der Waals surface area contributed by atoms with Crippen molar-refractivity contribution in [3.8, 4) is 17.2 Å². The Labute approximate surface area is 183 Å². The van der Waals surface area contributed by atoms with Crippen LogP contribution in [0.4, 0.5) is 0 Å². The molecule has 0 spiro atoms. The normalized spacial score (nSPS) is 13.9. The van der Waals surface area contributed by atoms with E-state index < -0.39 is 23.8 Å². The van der Waals surface area contributed by atoms with E-state index in [1.54, 1.807) is 6.92 Å². The topological polar surface area (TPSA) is 95.0 Å². The highest BCUT2D eigenvalue weighted by molar-refractivity contribution is 5.99. The molecule has 1 N–H and O–H groups in total. The lowest BCUT2D eigenvalue weighted by Gasteiger charge is -2.30. The predicted octanol–water partition coefficient (Wildman–Crippen LogP) is 4.43. The molecule has 7 nitrogen and oxygen atoms in total. The first-order valence-corrected chi connectivity index (χ1v) is 10.5.